The third kappa shape index (κ3) is 2.98. The van der Waals surface area contributed by atoms with Gasteiger partial charge in [-0.15, -0.1) is 11.3 Å². The van der Waals surface area contributed by atoms with Gasteiger partial charge in [-0.2, -0.15) is 10.2 Å². The number of aromatic nitrogens is 7. The molecule has 0 fully saturated rings. The summed E-state index contributed by atoms with van der Waals surface area (Å²) >= 11 is 1.68. The number of H-pyrrole nitrogens is 2. The Bertz CT molecular complexity index is 1480. The lowest BCUT2D eigenvalue weighted by Gasteiger charge is -2.02. The second kappa shape index (κ2) is 6.78. The van der Waals surface area contributed by atoms with Crippen LogP contribution in [0.5, 0.6) is 0 Å². The monoisotopic (exact) mass is 426 g/mol. The topological polar surface area (TPSA) is 114 Å². The van der Waals surface area contributed by atoms with Gasteiger partial charge in [0.2, 0.25) is 0 Å². The molecule has 1 aliphatic carbocycles. The Morgan fingerprint density at radius 3 is 2.94 bits per heavy atom. The Morgan fingerprint density at radius 2 is 2.13 bits per heavy atom. The van der Waals surface area contributed by atoms with Gasteiger partial charge in [0.25, 0.3) is 0 Å². The summed E-state index contributed by atoms with van der Waals surface area (Å²) in [5, 5.41) is 14.9. The van der Waals surface area contributed by atoms with E-state index in [0.29, 0.717) is 12.2 Å². The summed E-state index contributed by atoms with van der Waals surface area (Å²) in [6, 6.07) is 6.16. The molecule has 9 heteroatoms. The Morgan fingerprint density at radius 1 is 1.19 bits per heavy atom. The van der Waals surface area contributed by atoms with Gasteiger partial charge >= 0.3 is 0 Å². The number of fused-ring (bicyclic) bond motifs is 2. The maximum absolute atomic E-state index is 6.20. The molecule has 0 saturated carbocycles. The fourth-order valence-electron chi connectivity index (χ4n) is 3.84. The molecule has 0 atom stereocenters. The number of rotatable bonds is 3. The van der Waals surface area contributed by atoms with Gasteiger partial charge < -0.3 is 10.7 Å². The number of hydrogen-bond acceptors (Lipinski definition) is 6. The third-order valence-corrected chi connectivity index (χ3v) is 6.24. The molecule has 5 heterocycles. The number of thiophene rings is 1. The number of nitrogens with zero attached hydrogens (tertiary/aromatic N) is 5. The van der Waals surface area contributed by atoms with Crippen LogP contribution in [0.2, 0.25) is 0 Å². The van der Waals surface area contributed by atoms with E-state index < -0.39 is 0 Å². The molecule has 31 heavy (non-hydrogen) atoms. The fraction of sp³-hybridized carbons (Fsp3) is 0.0909. The fourth-order valence-corrected chi connectivity index (χ4v) is 4.60. The number of nitrogens with one attached hydrogen (secondary N) is 2. The first kappa shape index (κ1) is 17.8. The van der Waals surface area contributed by atoms with Crippen molar-refractivity contribution in [2.24, 2.45) is 12.8 Å². The summed E-state index contributed by atoms with van der Waals surface area (Å²) in [5.74, 6) is 0.705. The maximum Gasteiger partial charge on any atom is 0.159 e. The van der Waals surface area contributed by atoms with Gasteiger partial charge in [0.1, 0.15) is 5.69 Å². The van der Waals surface area contributed by atoms with Crippen LogP contribution in [0.25, 0.3) is 39.3 Å². The van der Waals surface area contributed by atoms with Crippen LogP contribution in [0.3, 0.4) is 0 Å². The number of pyridine rings is 1. The van der Waals surface area contributed by atoms with Gasteiger partial charge in [-0.25, -0.2) is 4.98 Å². The number of imidazole rings is 1. The average molecular weight is 427 g/mol. The Labute approximate surface area is 181 Å². The summed E-state index contributed by atoms with van der Waals surface area (Å²) in [4.78, 5) is 14.1. The molecule has 0 aromatic carbocycles. The lowest BCUT2D eigenvalue weighted by Crippen LogP contribution is -2.01. The Kier molecular flexibility index (Phi) is 3.90. The van der Waals surface area contributed by atoms with Crippen LogP contribution >= 0.6 is 11.3 Å². The van der Waals surface area contributed by atoms with E-state index in [1.54, 1.807) is 28.4 Å². The predicted molar refractivity (Wildman–Crippen MR) is 121 cm³/mol. The third-order valence-electron chi connectivity index (χ3n) is 5.34. The zero-order valence-electron chi connectivity index (χ0n) is 16.6. The van der Waals surface area contributed by atoms with E-state index >= 15 is 0 Å². The summed E-state index contributed by atoms with van der Waals surface area (Å²) < 4.78 is 1.76. The number of nitrogens with two attached hydrogens (primary N) is 1. The second-order valence-electron chi connectivity index (χ2n) is 7.48. The minimum absolute atomic E-state index is 0.610. The zero-order chi connectivity index (χ0) is 20.9. The lowest BCUT2D eigenvalue weighted by atomic mass is 10.1. The zero-order valence-corrected chi connectivity index (χ0v) is 17.4. The van der Waals surface area contributed by atoms with Gasteiger partial charge in [-0.1, -0.05) is 6.07 Å². The highest BCUT2D eigenvalue weighted by Crippen LogP contribution is 2.34. The predicted octanol–water partition coefficient (Wildman–Crippen LogP) is 3.64. The molecule has 0 amide bonds. The van der Waals surface area contributed by atoms with Crippen LogP contribution in [0.4, 0.5) is 0 Å². The van der Waals surface area contributed by atoms with E-state index in [4.69, 9.17) is 10.7 Å². The van der Waals surface area contributed by atoms with E-state index in [1.165, 1.54) is 0 Å². The molecule has 4 N–H and O–H groups in total. The normalized spacial score (nSPS) is 13.7. The van der Waals surface area contributed by atoms with Crippen molar-refractivity contribution in [2.45, 2.75) is 6.42 Å². The molecule has 5 aromatic rings. The largest absolute Gasteiger partial charge is 0.402 e. The molecule has 5 aromatic heterocycles. The van der Waals surface area contributed by atoms with Crippen molar-refractivity contribution in [3.05, 3.63) is 76.3 Å². The van der Waals surface area contributed by atoms with Crippen molar-refractivity contribution in [2.75, 3.05) is 0 Å². The van der Waals surface area contributed by atoms with Crippen LogP contribution in [0.15, 0.2) is 60.0 Å². The number of aromatic amines is 2. The van der Waals surface area contributed by atoms with Crippen LogP contribution in [-0.4, -0.2) is 34.9 Å². The molecule has 0 spiro atoms. The quantitative estimate of drug-likeness (QED) is 0.407. The molecular formula is C22H18N8S. The lowest BCUT2D eigenvalue weighted by molar-refractivity contribution is 0.768. The molecule has 0 unspecified atom stereocenters. The van der Waals surface area contributed by atoms with Crippen molar-refractivity contribution in [1.82, 2.24) is 34.9 Å². The van der Waals surface area contributed by atoms with Crippen molar-refractivity contribution >= 4 is 27.8 Å². The first-order chi connectivity index (χ1) is 15.2. The molecule has 0 bridgehead atoms. The summed E-state index contributed by atoms with van der Waals surface area (Å²) in [6.45, 7) is 0. The molecule has 0 saturated heterocycles. The summed E-state index contributed by atoms with van der Waals surface area (Å²) in [6.07, 6.45) is 10.1. The van der Waals surface area contributed by atoms with Crippen molar-refractivity contribution < 1.29 is 0 Å². The highest BCUT2D eigenvalue weighted by atomic mass is 32.1. The second-order valence-corrected chi connectivity index (χ2v) is 8.43. The van der Waals surface area contributed by atoms with Crippen LogP contribution in [0.1, 0.15) is 16.3 Å². The minimum Gasteiger partial charge on any atom is -0.402 e. The van der Waals surface area contributed by atoms with Crippen molar-refractivity contribution in [3.63, 3.8) is 0 Å². The highest BCUT2D eigenvalue weighted by molar-refractivity contribution is 7.11. The van der Waals surface area contributed by atoms with Crippen LogP contribution in [0, 0.1) is 0 Å². The van der Waals surface area contributed by atoms with E-state index in [2.05, 4.69) is 36.7 Å². The Hall–Kier alpha value is -3.98. The molecule has 1 aliphatic rings. The molecule has 152 valence electrons. The van der Waals surface area contributed by atoms with Crippen molar-refractivity contribution in [1.29, 1.82) is 0 Å². The standard InChI is InChI=1S/C22H18N8S/c1-30-11-12(9-25-30)16-8-15-18(10-24-16)28-29-21(15)22-26-17-7-13(23)4-5-14(20(17)27-22)19-3-2-6-31-19/h2-6,8-11H,7,23H2,1H3,(H,26,27)(H,28,29). The maximum atomic E-state index is 6.20. The van der Waals surface area contributed by atoms with Crippen LogP contribution < -0.4 is 5.73 Å². The minimum atomic E-state index is 0.610. The first-order valence-electron chi connectivity index (χ1n) is 9.78. The van der Waals surface area contributed by atoms with E-state index in [9.17, 15) is 0 Å². The molecule has 8 nitrogen and oxygen atoms in total. The van der Waals surface area contributed by atoms with E-state index in [0.717, 1.165) is 55.4 Å². The molecular weight excluding hydrogens is 408 g/mol. The van der Waals surface area contributed by atoms with E-state index in [-0.39, 0.29) is 0 Å². The first-order valence-corrected chi connectivity index (χ1v) is 10.7. The van der Waals surface area contributed by atoms with Gasteiger partial charge in [-0.3, -0.25) is 14.8 Å². The van der Waals surface area contributed by atoms with Gasteiger partial charge in [0.15, 0.2) is 5.82 Å². The SMILES string of the molecule is Cn1cc(-c2cc3c(-c4nc5c([nH]4)CC(N)=CC=C5c4cccs4)n[nH]c3cn2)cn1. The average Bonchev–Trinajstić information content (AvgIpc) is 3.54. The number of hydrogen-bond donors (Lipinski definition) is 3. The summed E-state index contributed by atoms with van der Waals surface area (Å²) in [5.41, 5.74) is 13.3. The molecule has 0 aliphatic heterocycles. The van der Waals surface area contributed by atoms with Crippen molar-refractivity contribution in [3.8, 4) is 22.8 Å². The summed E-state index contributed by atoms with van der Waals surface area (Å²) in [7, 11) is 1.89. The number of allylic oxidation sites excluding steroid dienone is 3. The smallest absolute Gasteiger partial charge is 0.159 e. The number of aryl methyl sites for hydroxylation is 1. The van der Waals surface area contributed by atoms with Gasteiger partial charge in [0, 0.05) is 52.5 Å². The van der Waals surface area contributed by atoms with E-state index in [1.807, 2.05) is 37.5 Å². The Balaban J connectivity index is 1.49. The van der Waals surface area contributed by atoms with Gasteiger partial charge in [0.05, 0.1) is 29.3 Å². The highest BCUT2D eigenvalue weighted by Gasteiger charge is 2.22. The van der Waals surface area contributed by atoms with Gasteiger partial charge in [-0.05, 0) is 29.7 Å². The molecule has 6 rings (SSSR count). The van der Waals surface area contributed by atoms with Crippen LogP contribution in [-0.2, 0) is 13.5 Å². The molecule has 0 radical (unpaired) electrons.